The summed E-state index contributed by atoms with van der Waals surface area (Å²) >= 11 is 0. The van der Waals surface area contributed by atoms with Gasteiger partial charge >= 0.3 is 0 Å². The molecule has 1 heterocycles. The van der Waals surface area contributed by atoms with Gasteiger partial charge in [-0.3, -0.25) is 4.72 Å². The van der Waals surface area contributed by atoms with Crippen molar-refractivity contribution in [2.45, 2.75) is 24.3 Å². The largest absolute Gasteiger partial charge is 0.497 e. The van der Waals surface area contributed by atoms with E-state index in [2.05, 4.69) is 9.71 Å². The topological polar surface area (TPSA) is 77.0 Å². The van der Waals surface area contributed by atoms with Crippen LogP contribution in [0.4, 0.5) is 5.69 Å². The molecule has 0 saturated heterocycles. The maximum absolute atomic E-state index is 12.7. The normalized spacial score (nSPS) is 16.0. The number of ether oxygens (including phenoxy) is 2. The number of hydrogen-bond donors (Lipinski definition) is 1. The van der Waals surface area contributed by atoms with E-state index in [1.54, 1.807) is 30.3 Å². The minimum absolute atomic E-state index is 0.151. The van der Waals surface area contributed by atoms with Gasteiger partial charge in [0.1, 0.15) is 12.4 Å². The molecule has 0 spiro atoms. The van der Waals surface area contributed by atoms with Crippen LogP contribution in [0, 0.1) is 0 Å². The smallest absolute Gasteiger partial charge is 0.261 e. The first-order valence-corrected chi connectivity index (χ1v) is 9.28. The van der Waals surface area contributed by atoms with Gasteiger partial charge in [0, 0.05) is 0 Å². The van der Waals surface area contributed by atoms with E-state index in [-0.39, 0.29) is 10.4 Å². The van der Waals surface area contributed by atoms with Crippen LogP contribution in [-0.4, -0.2) is 33.6 Å². The second-order valence-corrected chi connectivity index (χ2v) is 8.03. The summed E-state index contributed by atoms with van der Waals surface area (Å²) in [5.74, 6) is 1.04. The molecule has 132 valence electrons. The summed E-state index contributed by atoms with van der Waals surface area (Å²) in [4.78, 5) is 4.67. The third-order valence-corrected chi connectivity index (χ3v) is 5.12. The lowest BCUT2D eigenvalue weighted by Crippen LogP contribution is -2.17. The first-order valence-electron chi connectivity index (χ1n) is 7.80. The van der Waals surface area contributed by atoms with Crippen molar-refractivity contribution in [3.8, 4) is 5.75 Å². The van der Waals surface area contributed by atoms with E-state index in [0.717, 1.165) is 0 Å². The lowest BCUT2D eigenvalue weighted by atomic mass is 10.1. The molecule has 2 aromatic rings. The van der Waals surface area contributed by atoms with Crippen LogP contribution in [0.5, 0.6) is 5.75 Å². The highest BCUT2D eigenvalue weighted by molar-refractivity contribution is 7.92. The Morgan fingerprint density at radius 3 is 2.40 bits per heavy atom. The van der Waals surface area contributed by atoms with Gasteiger partial charge in [-0.25, -0.2) is 13.4 Å². The van der Waals surface area contributed by atoms with Crippen LogP contribution >= 0.6 is 0 Å². The van der Waals surface area contributed by atoms with Gasteiger partial charge in [-0.2, -0.15) is 0 Å². The first-order chi connectivity index (χ1) is 11.8. The fourth-order valence-electron chi connectivity index (χ4n) is 2.44. The van der Waals surface area contributed by atoms with Crippen molar-refractivity contribution in [3.05, 3.63) is 54.1 Å². The Balaban J connectivity index is 1.93. The van der Waals surface area contributed by atoms with Crippen LogP contribution in [0.25, 0.3) is 0 Å². The second-order valence-electron chi connectivity index (χ2n) is 6.34. The van der Waals surface area contributed by atoms with Crippen molar-refractivity contribution in [2.24, 2.45) is 4.99 Å². The van der Waals surface area contributed by atoms with E-state index in [9.17, 15) is 8.42 Å². The summed E-state index contributed by atoms with van der Waals surface area (Å²) in [6, 6.07) is 13.3. The van der Waals surface area contributed by atoms with E-state index in [1.165, 1.54) is 19.2 Å². The average molecular weight is 360 g/mol. The van der Waals surface area contributed by atoms with Crippen LogP contribution in [0.3, 0.4) is 0 Å². The Labute approximate surface area is 147 Å². The van der Waals surface area contributed by atoms with Gasteiger partial charge in [0.05, 0.1) is 28.8 Å². The van der Waals surface area contributed by atoms with Crippen molar-refractivity contribution in [3.63, 3.8) is 0 Å². The predicted octanol–water partition coefficient (Wildman–Crippen LogP) is 3.05. The minimum atomic E-state index is -3.74. The Hall–Kier alpha value is -2.54. The lowest BCUT2D eigenvalue weighted by Gasteiger charge is -2.12. The third-order valence-electron chi connectivity index (χ3n) is 3.74. The summed E-state index contributed by atoms with van der Waals surface area (Å²) < 4.78 is 38.6. The number of methoxy groups -OCH3 is 1. The van der Waals surface area contributed by atoms with Crippen molar-refractivity contribution in [2.75, 3.05) is 18.4 Å². The van der Waals surface area contributed by atoms with Crippen LogP contribution in [0.15, 0.2) is 58.4 Å². The Kier molecular flexibility index (Phi) is 4.43. The molecule has 0 saturated carbocycles. The third kappa shape index (κ3) is 3.76. The number of nitrogens with zero attached hydrogens (tertiary/aromatic N) is 1. The molecule has 0 unspecified atom stereocenters. The summed E-state index contributed by atoms with van der Waals surface area (Å²) in [7, 11) is -2.21. The molecule has 25 heavy (non-hydrogen) atoms. The molecule has 0 radical (unpaired) electrons. The van der Waals surface area contributed by atoms with Gasteiger partial charge in [-0.1, -0.05) is 12.1 Å². The number of nitrogens with one attached hydrogen (secondary N) is 1. The maximum Gasteiger partial charge on any atom is 0.261 e. The zero-order valence-corrected chi connectivity index (χ0v) is 15.1. The molecule has 1 N–H and O–H groups in total. The van der Waals surface area contributed by atoms with E-state index in [1.807, 2.05) is 19.9 Å². The Morgan fingerprint density at radius 2 is 1.80 bits per heavy atom. The molecule has 0 bridgehead atoms. The molecule has 1 aliphatic rings. The molecule has 0 fully saturated rings. The van der Waals surface area contributed by atoms with Crippen molar-refractivity contribution >= 4 is 21.6 Å². The van der Waals surface area contributed by atoms with Gasteiger partial charge in [0.2, 0.25) is 5.90 Å². The SMILES string of the molecule is COc1ccc(S(=O)(=O)Nc2ccccc2C2=NC(C)(C)CO2)cc1. The van der Waals surface area contributed by atoms with Crippen LogP contribution < -0.4 is 9.46 Å². The second kappa shape index (κ2) is 6.40. The predicted molar refractivity (Wildman–Crippen MR) is 96.8 cm³/mol. The quantitative estimate of drug-likeness (QED) is 0.889. The molecule has 6 nitrogen and oxygen atoms in total. The van der Waals surface area contributed by atoms with E-state index >= 15 is 0 Å². The summed E-state index contributed by atoms with van der Waals surface area (Å²) in [5.41, 5.74) is 0.719. The van der Waals surface area contributed by atoms with Crippen LogP contribution in [0.2, 0.25) is 0 Å². The van der Waals surface area contributed by atoms with Crippen LogP contribution in [0.1, 0.15) is 19.4 Å². The van der Waals surface area contributed by atoms with E-state index in [0.29, 0.717) is 29.5 Å². The minimum Gasteiger partial charge on any atom is -0.497 e. The fraction of sp³-hybridized carbons (Fsp3) is 0.278. The Bertz CT molecular complexity index is 903. The summed E-state index contributed by atoms with van der Waals surface area (Å²) in [6.45, 7) is 4.39. The molecule has 0 amide bonds. The highest BCUT2D eigenvalue weighted by atomic mass is 32.2. The lowest BCUT2D eigenvalue weighted by molar-refractivity contribution is 0.279. The molecule has 1 aliphatic heterocycles. The maximum atomic E-state index is 12.7. The van der Waals surface area contributed by atoms with E-state index < -0.39 is 10.0 Å². The molecule has 0 aliphatic carbocycles. The van der Waals surface area contributed by atoms with Gasteiger partial charge in [-0.05, 0) is 50.2 Å². The first kappa shape index (κ1) is 17.3. The average Bonchev–Trinajstić information content (AvgIpc) is 2.95. The monoisotopic (exact) mass is 360 g/mol. The standard InChI is InChI=1S/C18H20N2O4S/c1-18(2)12-24-17(19-18)15-6-4-5-7-16(15)20-25(21,22)14-10-8-13(23-3)9-11-14/h4-11,20H,12H2,1-3H3. The molecule has 0 atom stereocenters. The molecular formula is C18H20N2O4S. The number of aliphatic imine (C=N–C) groups is 1. The number of para-hydroxylation sites is 1. The number of hydrogen-bond acceptors (Lipinski definition) is 5. The molecule has 7 heteroatoms. The molecule has 0 aromatic heterocycles. The molecular weight excluding hydrogens is 340 g/mol. The summed E-state index contributed by atoms with van der Waals surface area (Å²) in [6.07, 6.45) is 0. The van der Waals surface area contributed by atoms with Gasteiger partial charge in [-0.15, -0.1) is 0 Å². The van der Waals surface area contributed by atoms with Crippen molar-refractivity contribution in [1.29, 1.82) is 0 Å². The number of sulfonamides is 1. The van der Waals surface area contributed by atoms with Gasteiger partial charge in [0.15, 0.2) is 0 Å². The Morgan fingerprint density at radius 1 is 1.12 bits per heavy atom. The van der Waals surface area contributed by atoms with Gasteiger partial charge in [0.25, 0.3) is 10.0 Å². The van der Waals surface area contributed by atoms with Crippen molar-refractivity contribution < 1.29 is 17.9 Å². The van der Waals surface area contributed by atoms with Gasteiger partial charge < -0.3 is 9.47 Å². The van der Waals surface area contributed by atoms with E-state index in [4.69, 9.17) is 9.47 Å². The number of benzene rings is 2. The molecule has 3 rings (SSSR count). The molecule has 2 aromatic carbocycles. The number of rotatable bonds is 5. The van der Waals surface area contributed by atoms with Crippen LogP contribution in [-0.2, 0) is 14.8 Å². The number of anilines is 1. The highest BCUT2D eigenvalue weighted by Gasteiger charge is 2.29. The fourth-order valence-corrected chi connectivity index (χ4v) is 3.52. The zero-order chi connectivity index (χ0) is 18.1. The zero-order valence-electron chi connectivity index (χ0n) is 14.3. The highest BCUT2D eigenvalue weighted by Crippen LogP contribution is 2.27. The summed E-state index contributed by atoms with van der Waals surface area (Å²) in [5, 5.41) is 0. The van der Waals surface area contributed by atoms with Crippen molar-refractivity contribution in [1.82, 2.24) is 0 Å².